The minimum Gasteiger partial charge on any atom is -0.103 e. The lowest BCUT2D eigenvalue weighted by Gasteiger charge is -2.36. The Morgan fingerprint density at radius 1 is 1.24 bits per heavy atom. The molecule has 0 aliphatic carbocycles. The van der Waals surface area contributed by atoms with Gasteiger partial charge in [0, 0.05) is 0 Å². The molecule has 2 atom stereocenters. The van der Waals surface area contributed by atoms with E-state index in [1.54, 1.807) is 0 Å². The van der Waals surface area contributed by atoms with E-state index in [0.717, 1.165) is 0 Å². The van der Waals surface area contributed by atoms with E-state index in [1.807, 2.05) is 0 Å². The number of hydrogen-bond donors (Lipinski definition) is 0. The van der Waals surface area contributed by atoms with Crippen LogP contribution in [0.3, 0.4) is 0 Å². The number of rotatable bonds is 7. The van der Waals surface area contributed by atoms with E-state index in [-0.39, 0.29) is 5.41 Å². The van der Waals surface area contributed by atoms with Crippen LogP contribution < -0.4 is 0 Å². The Bertz CT molecular complexity index is 325. The highest BCUT2D eigenvalue weighted by Crippen LogP contribution is 2.43. The molecule has 0 aliphatic rings. The Labute approximate surface area is 107 Å². The first kappa shape index (κ1) is 14.0. The van der Waals surface area contributed by atoms with Crippen LogP contribution in [0.15, 0.2) is 43.0 Å². The summed E-state index contributed by atoms with van der Waals surface area (Å²) in [5.74, 6) is 0.553. The van der Waals surface area contributed by atoms with Crippen molar-refractivity contribution in [1.82, 2.24) is 0 Å². The van der Waals surface area contributed by atoms with Crippen LogP contribution in [0.2, 0.25) is 0 Å². The van der Waals surface area contributed by atoms with Gasteiger partial charge in [-0.2, -0.15) is 0 Å². The summed E-state index contributed by atoms with van der Waals surface area (Å²) in [5.41, 5.74) is 1.70. The molecular weight excluding hydrogens is 204 g/mol. The summed E-state index contributed by atoms with van der Waals surface area (Å²) in [6.07, 6.45) is 7.17. The molecule has 0 heteroatoms. The normalized spacial score (nSPS) is 16.2. The third-order valence-electron chi connectivity index (χ3n) is 4.22. The van der Waals surface area contributed by atoms with Crippen molar-refractivity contribution in [2.24, 2.45) is 5.41 Å². The van der Waals surface area contributed by atoms with Gasteiger partial charge in [0.2, 0.25) is 0 Å². The van der Waals surface area contributed by atoms with Gasteiger partial charge in [-0.05, 0) is 29.7 Å². The van der Waals surface area contributed by atoms with Crippen LogP contribution in [0.1, 0.15) is 57.9 Å². The van der Waals surface area contributed by atoms with Crippen LogP contribution in [0, 0.1) is 5.41 Å². The molecule has 0 fully saturated rings. The molecule has 1 rings (SSSR count). The molecule has 0 saturated heterocycles. The maximum absolute atomic E-state index is 4.10. The van der Waals surface area contributed by atoms with Gasteiger partial charge in [0.25, 0.3) is 0 Å². The summed E-state index contributed by atoms with van der Waals surface area (Å²) in [7, 11) is 0. The van der Waals surface area contributed by atoms with Crippen molar-refractivity contribution >= 4 is 0 Å². The zero-order valence-corrected chi connectivity index (χ0v) is 11.6. The predicted molar refractivity (Wildman–Crippen MR) is 77.3 cm³/mol. The topological polar surface area (TPSA) is 0 Å². The molecule has 0 spiro atoms. The minimum atomic E-state index is 0.261. The summed E-state index contributed by atoms with van der Waals surface area (Å²) in [4.78, 5) is 0. The lowest BCUT2D eigenvalue weighted by molar-refractivity contribution is 0.272. The van der Waals surface area contributed by atoms with Crippen LogP contribution >= 0.6 is 0 Å². The minimum absolute atomic E-state index is 0.261. The van der Waals surface area contributed by atoms with Gasteiger partial charge in [-0.3, -0.25) is 0 Å². The zero-order valence-electron chi connectivity index (χ0n) is 11.6. The average molecular weight is 230 g/mol. The standard InChI is InChI=1S/C17H26/c1-5-8-14-17(6-2,7-3)15(4)16-12-10-9-11-13-16/h6,9-13,15H,2,5,7-8,14H2,1,3-4H3/t15-,17+/m0/s1. The van der Waals surface area contributed by atoms with Crippen LogP contribution in [-0.2, 0) is 0 Å². The molecular formula is C17H26. The van der Waals surface area contributed by atoms with Crippen LogP contribution in [-0.4, -0.2) is 0 Å². The number of benzene rings is 1. The van der Waals surface area contributed by atoms with Gasteiger partial charge in [-0.25, -0.2) is 0 Å². The van der Waals surface area contributed by atoms with Crippen LogP contribution in [0.5, 0.6) is 0 Å². The maximum atomic E-state index is 4.10. The van der Waals surface area contributed by atoms with Crippen molar-refractivity contribution in [2.45, 2.75) is 52.4 Å². The van der Waals surface area contributed by atoms with E-state index in [2.05, 4.69) is 63.8 Å². The monoisotopic (exact) mass is 230 g/mol. The van der Waals surface area contributed by atoms with Crippen molar-refractivity contribution in [3.05, 3.63) is 48.6 Å². The first-order valence-corrected chi connectivity index (χ1v) is 6.88. The molecule has 17 heavy (non-hydrogen) atoms. The van der Waals surface area contributed by atoms with Crippen molar-refractivity contribution in [1.29, 1.82) is 0 Å². The van der Waals surface area contributed by atoms with Gasteiger partial charge in [0.15, 0.2) is 0 Å². The molecule has 0 amide bonds. The summed E-state index contributed by atoms with van der Waals surface area (Å²) >= 11 is 0. The molecule has 0 nitrogen and oxygen atoms in total. The van der Waals surface area contributed by atoms with Gasteiger partial charge in [-0.1, -0.05) is 70.0 Å². The highest BCUT2D eigenvalue weighted by Gasteiger charge is 2.31. The molecule has 0 saturated carbocycles. The molecule has 0 unspecified atom stereocenters. The van der Waals surface area contributed by atoms with Gasteiger partial charge in [0.1, 0.15) is 0 Å². The van der Waals surface area contributed by atoms with Crippen molar-refractivity contribution < 1.29 is 0 Å². The van der Waals surface area contributed by atoms with E-state index >= 15 is 0 Å². The quantitative estimate of drug-likeness (QED) is 0.538. The average Bonchev–Trinajstić information content (AvgIpc) is 2.41. The maximum Gasteiger partial charge on any atom is -0.00575 e. The second-order valence-corrected chi connectivity index (χ2v) is 5.03. The van der Waals surface area contributed by atoms with E-state index in [4.69, 9.17) is 0 Å². The zero-order chi connectivity index (χ0) is 12.7. The Kier molecular flexibility index (Phi) is 5.47. The SMILES string of the molecule is C=C[C@@](CC)(CCCC)[C@@H](C)c1ccccc1. The van der Waals surface area contributed by atoms with E-state index in [0.29, 0.717) is 5.92 Å². The highest BCUT2D eigenvalue weighted by atomic mass is 14.3. The fraction of sp³-hybridized carbons (Fsp3) is 0.529. The van der Waals surface area contributed by atoms with Crippen LogP contribution in [0.25, 0.3) is 0 Å². The number of allylic oxidation sites excluding steroid dienone is 1. The van der Waals surface area contributed by atoms with Crippen molar-refractivity contribution in [3.8, 4) is 0 Å². The third kappa shape index (κ3) is 3.21. The molecule has 0 N–H and O–H groups in total. The lowest BCUT2D eigenvalue weighted by Crippen LogP contribution is -2.24. The molecule has 0 aromatic heterocycles. The Balaban J connectivity index is 2.94. The second kappa shape index (κ2) is 6.64. The Morgan fingerprint density at radius 3 is 2.35 bits per heavy atom. The fourth-order valence-electron chi connectivity index (χ4n) is 2.70. The van der Waals surface area contributed by atoms with Gasteiger partial charge in [-0.15, -0.1) is 6.58 Å². The molecule has 1 aromatic rings. The third-order valence-corrected chi connectivity index (χ3v) is 4.22. The fourth-order valence-corrected chi connectivity index (χ4v) is 2.70. The van der Waals surface area contributed by atoms with Crippen molar-refractivity contribution in [3.63, 3.8) is 0 Å². The van der Waals surface area contributed by atoms with Gasteiger partial charge >= 0.3 is 0 Å². The second-order valence-electron chi connectivity index (χ2n) is 5.03. The summed E-state index contributed by atoms with van der Waals surface area (Å²) in [5, 5.41) is 0. The summed E-state index contributed by atoms with van der Waals surface area (Å²) in [6.45, 7) is 11.0. The first-order chi connectivity index (χ1) is 8.20. The largest absolute Gasteiger partial charge is 0.103 e. The molecule has 1 aromatic carbocycles. The summed E-state index contributed by atoms with van der Waals surface area (Å²) in [6, 6.07) is 10.8. The molecule has 0 heterocycles. The van der Waals surface area contributed by atoms with E-state index in [9.17, 15) is 0 Å². The molecule has 0 bridgehead atoms. The van der Waals surface area contributed by atoms with Crippen LogP contribution in [0.4, 0.5) is 0 Å². The van der Waals surface area contributed by atoms with Gasteiger partial charge in [0.05, 0.1) is 0 Å². The summed E-state index contributed by atoms with van der Waals surface area (Å²) < 4.78 is 0. The van der Waals surface area contributed by atoms with E-state index < -0.39 is 0 Å². The highest BCUT2D eigenvalue weighted by molar-refractivity contribution is 5.23. The van der Waals surface area contributed by atoms with Gasteiger partial charge < -0.3 is 0 Å². The van der Waals surface area contributed by atoms with Crippen molar-refractivity contribution in [2.75, 3.05) is 0 Å². The molecule has 0 radical (unpaired) electrons. The Morgan fingerprint density at radius 2 is 1.88 bits per heavy atom. The van der Waals surface area contributed by atoms with E-state index in [1.165, 1.54) is 31.2 Å². The smallest absolute Gasteiger partial charge is 0.00575 e. The first-order valence-electron chi connectivity index (χ1n) is 6.88. The molecule has 94 valence electrons. The predicted octanol–water partition coefficient (Wildman–Crippen LogP) is 5.56. The number of hydrogen-bond acceptors (Lipinski definition) is 0. The lowest BCUT2D eigenvalue weighted by atomic mass is 9.68. The Hall–Kier alpha value is -1.04. The number of unbranched alkanes of at least 4 members (excludes halogenated alkanes) is 1. The molecule has 0 aliphatic heterocycles.